The van der Waals surface area contributed by atoms with Gasteiger partial charge in [-0.25, -0.2) is 0 Å². The van der Waals surface area contributed by atoms with Gasteiger partial charge in [0.1, 0.15) is 0 Å². The van der Waals surface area contributed by atoms with Crippen LogP contribution in [0.5, 0.6) is 0 Å². The van der Waals surface area contributed by atoms with Crippen LogP contribution >= 0.6 is 0 Å². The van der Waals surface area contributed by atoms with E-state index in [1.807, 2.05) is 0 Å². The molecule has 140 valence electrons. The van der Waals surface area contributed by atoms with Gasteiger partial charge in [-0.05, 0) is 0 Å². The monoisotopic (exact) mass is 472 g/mol. The number of carboxylic acid groups (broad SMARTS) is 2. The quantitative estimate of drug-likeness (QED) is 0.574. The summed E-state index contributed by atoms with van der Waals surface area (Å²) >= 11 is -1.83. The molecule has 0 saturated carbocycles. The van der Waals surface area contributed by atoms with Crippen LogP contribution in [0.3, 0.4) is 0 Å². The first kappa shape index (κ1) is 22.5. The van der Waals surface area contributed by atoms with Gasteiger partial charge < -0.3 is 10.2 Å². The van der Waals surface area contributed by atoms with Gasteiger partial charge in [0.05, 0.1) is 0 Å². The number of carboxylic acids is 2. The maximum absolute atomic E-state index is 9.00. The standard InChI is InChI=1S/3C6H5.2C2H4O2.Sb/c3*1-2-4-6-5-3-1;2*1-2(3)4;/h3*1-5H;2*1H3,(H,3,4);. The zero-order chi connectivity index (χ0) is 20.1. The summed E-state index contributed by atoms with van der Waals surface area (Å²) < 4.78 is 4.55. The number of carbonyl (C=O) groups is 2. The van der Waals surface area contributed by atoms with Crippen LogP contribution in [0.25, 0.3) is 0 Å². The second-order valence-electron chi connectivity index (χ2n) is 5.38. The summed E-state index contributed by atoms with van der Waals surface area (Å²) in [5.41, 5.74) is 0. The fourth-order valence-corrected chi connectivity index (χ4v) is 8.76. The molecule has 0 aliphatic rings. The van der Waals surface area contributed by atoms with Crippen LogP contribution in [0.4, 0.5) is 0 Å². The van der Waals surface area contributed by atoms with Crippen LogP contribution in [0.15, 0.2) is 91.0 Å². The van der Waals surface area contributed by atoms with Gasteiger partial charge in [-0.1, -0.05) is 0 Å². The molecule has 0 atom stereocenters. The van der Waals surface area contributed by atoms with Crippen molar-refractivity contribution in [1.29, 1.82) is 0 Å². The van der Waals surface area contributed by atoms with E-state index in [4.69, 9.17) is 19.8 Å². The van der Waals surface area contributed by atoms with Crippen molar-refractivity contribution >= 4 is 42.7 Å². The number of hydrogen-bond acceptors (Lipinski definition) is 2. The van der Waals surface area contributed by atoms with E-state index in [0.29, 0.717) is 0 Å². The van der Waals surface area contributed by atoms with Crippen LogP contribution < -0.4 is 10.5 Å². The predicted molar refractivity (Wildman–Crippen MR) is 111 cm³/mol. The van der Waals surface area contributed by atoms with E-state index in [9.17, 15) is 0 Å². The molecule has 0 unspecified atom stereocenters. The van der Waals surface area contributed by atoms with Crippen molar-refractivity contribution in [1.82, 2.24) is 0 Å². The van der Waals surface area contributed by atoms with Crippen LogP contribution in [0.2, 0.25) is 0 Å². The first-order valence-electron chi connectivity index (χ1n) is 8.26. The van der Waals surface area contributed by atoms with Crippen molar-refractivity contribution in [3.8, 4) is 0 Å². The van der Waals surface area contributed by atoms with Crippen molar-refractivity contribution in [2.45, 2.75) is 13.8 Å². The molecule has 0 spiro atoms. The Morgan fingerprint density at radius 1 is 0.556 bits per heavy atom. The minimum atomic E-state index is -1.83. The molecule has 4 nitrogen and oxygen atoms in total. The Labute approximate surface area is 167 Å². The van der Waals surface area contributed by atoms with Crippen LogP contribution in [-0.4, -0.2) is 42.4 Å². The molecule has 0 radical (unpaired) electrons. The van der Waals surface area contributed by atoms with Gasteiger partial charge in [0, 0.05) is 13.8 Å². The number of benzene rings is 3. The van der Waals surface area contributed by atoms with Gasteiger partial charge in [0.15, 0.2) is 0 Å². The Hall–Kier alpha value is -2.58. The molecule has 5 heteroatoms. The molecule has 0 amide bonds. The molecule has 27 heavy (non-hydrogen) atoms. The van der Waals surface area contributed by atoms with E-state index in [1.54, 1.807) is 0 Å². The average molecular weight is 473 g/mol. The van der Waals surface area contributed by atoms with Gasteiger partial charge in [0.25, 0.3) is 11.9 Å². The van der Waals surface area contributed by atoms with Gasteiger partial charge in [-0.3, -0.25) is 9.59 Å². The van der Waals surface area contributed by atoms with Crippen LogP contribution in [0, 0.1) is 0 Å². The SMILES string of the molecule is CC(=O)O.CC(=O)O.c1cc[c]([Sb]([c]2ccccc2)[c]2ccccc2)cc1. The molecule has 0 saturated heterocycles. The van der Waals surface area contributed by atoms with Crippen molar-refractivity contribution < 1.29 is 19.8 Å². The van der Waals surface area contributed by atoms with Crippen molar-refractivity contribution in [2.24, 2.45) is 0 Å². The van der Waals surface area contributed by atoms with E-state index in [1.165, 1.54) is 10.5 Å². The second kappa shape index (κ2) is 12.7. The van der Waals surface area contributed by atoms with Crippen LogP contribution in [-0.2, 0) is 9.59 Å². The summed E-state index contributed by atoms with van der Waals surface area (Å²) in [6, 6.07) is 32.9. The zero-order valence-electron chi connectivity index (χ0n) is 15.3. The van der Waals surface area contributed by atoms with E-state index < -0.39 is 32.1 Å². The fraction of sp³-hybridized carbons (Fsp3) is 0.0909. The molecule has 3 aromatic carbocycles. The Morgan fingerprint density at radius 3 is 0.926 bits per heavy atom. The Morgan fingerprint density at radius 2 is 0.741 bits per heavy atom. The Bertz CT molecular complexity index is 692. The van der Waals surface area contributed by atoms with Gasteiger partial charge in [-0.15, -0.1) is 0 Å². The third-order valence-corrected chi connectivity index (χ3v) is 10.0. The van der Waals surface area contributed by atoms with E-state index in [-0.39, 0.29) is 0 Å². The van der Waals surface area contributed by atoms with Gasteiger partial charge in [-0.2, -0.15) is 0 Å². The molecule has 0 fully saturated rings. The predicted octanol–water partition coefficient (Wildman–Crippen LogP) is 2.38. The zero-order valence-corrected chi connectivity index (χ0v) is 17.9. The first-order valence-corrected chi connectivity index (χ1v) is 12.1. The normalized spacial score (nSPS) is 9.30. The Kier molecular flexibility index (Phi) is 10.6. The Balaban J connectivity index is 0.000000390. The fourth-order valence-electron chi connectivity index (χ4n) is 2.18. The summed E-state index contributed by atoms with van der Waals surface area (Å²) in [5, 5.41) is 14.8. The van der Waals surface area contributed by atoms with Crippen LogP contribution in [0.1, 0.15) is 13.8 Å². The molecule has 3 aromatic rings. The number of aliphatic carboxylic acids is 2. The van der Waals surface area contributed by atoms with E-state index in [0.717, 1.165) is 13.8 Å². The topological polar surface area (TPSA) is 74.6 Å². The molecular formula is C22H23O4Sb. The van der Waals surface area contributed by atoms with Crippen molar-refractivity contribution in [3.05, 3.63) is 91.0 Å². The van der Waals surface area contributed by atoms with Gasteiger partial charge >= 0.3 is 122 Å². The second-order valence-corrected chi connectivity index (χ2v) is 11.7. The molecule has 3 rings (SSSR count). The average Bonchev–Trinajstić information content (AvgIpc) is 2.64. The third-order valence-electron chi connectivity index (χ3n) is 3.04. The number of hydrogen-bond donors (Lipinski definition) is 2. The van der Waals surface area contributed by atoms with Gasteiger partial charge in [0.2, 0.25) is 0 Å². The molecule has 0 aromatic heterocycles. The van der Waals surface area contributed by atoms with Crippen molar-refractivity contribution in [3.63, 3.8) is 0 Å². The summed E-state index contributed by atoms with van der Waals surface area (Å²) in [7, 11) is 0. The molecule has 0 bridgehead atoms. The van der Waals surface area contributed by atoms with E-state index in [2.05, 4.69) is 91.0 Å². The maximum atomic E-state index is 9.00. The summed E-state index contributed by atoms with van der Waals surface area (Å²) in [6.45, 7) is 2.17. The summed E-state index contributed by atoms with van der Waals surface area (Å²) in [5.74, 6) is -1.67. The number of rotatable bonds is 3. The molecule has 2 N–H and O–H groups in total. The third kappa shape index (κ3) is 9.62. The first-order chi connectivity index (χ1) is 12.9. The molecule has 0 aliphatic carbocycles. The minimum absolute atomic E-state index is 0.833. The summed E-state index contributed by atoms with van der Waals surface area (Å²) in [4.78, 5) is 18.0. The van der Waals surface area contributed by atoms with Crippen molar-refractivity contribution in [2.75, 3.05) is 0 Å². The molecule has 0 heterocycles. The molecule has 0 aliphatic heterocycles. The molecular weight excluding hydrogens is 450 g/mol. The van der Waals surface area contributed by atoms with E-state index >= 15 is 0 Å². The summed E-state index contributed by atoms with van der Waals surface area (Å²) in [6.07, 6.45) is 0.